The monoisotopic (exact) mass is 449 g/mol. The summed E-state index contributed by atoms with van der Waals surface area (Å²) in [5, 5.41) is 0. The minimum Gasteiger partial charge on any atom is -0.459 e. The first-order valence-electron chi connectivity index (χ1n) is 11.3. The summed E-state index contributed by atoms with van der Waals surface area (Å²) in [5.74, 6) is -1.21. The van der Waals surface area contributed by atoms with Gasteiger partial charge in [-0.15, -0.1) is 0 Å². The third-order valence-corrected chi connectivity index (χ3v) is 5.64. The summed E-state index contributed by atoms with van der Waals surface area (Å²) >= 11 is 0. The Morgan fingerprint density at radius 2 is 1.94 bits per heavy atom. The second kappa shape index (κ2) is 12.7. The molecule has 1 aliphatic carbocycles. The Kier molecular flexibility index (Phi) is 10.0. The van der Waals surface area contributed by atoms with Crippen LogP contribution in [0.15, 0.2) is 83.3 Å². The third kappa shape index (κ3) is 9.05. The van der Waals surface area contributed by atoms with E-state index in [0.29, 0.717) is 5.56 Å². The number of allylic oxidation sites excluding steroid dienone is 9. The maximum Gasteiger partial charge on any atom is 0.344 e. The number of rotatable bonds is 9. The largest absolute Gasteiger partial charge is 0.459 e. The van der Waals surface area contributed by atoms with Gasteiger partial charge in [-0.25, -0.2) is 9.59 Å². The highest BCUT2D eigenvalue weighted by atomic mass is 16.6. The van der Waals surface area contributed by atoms with Gasteiger partial charge in [-0.3, -0.25) is 4.98 Å². The summed E-state index contributed by atoms with van der Waals surface area (Å²) in [6, 6.07) is 3.19. The lowest BCUT2D eigenvalue weighted by atomic mass is 9.72. The van der Waals surface area contributed by atoms with Crippen molar-refractivity contribution in [3.63, 3.8) is 0 Å². The summed E-state index contributed by atoms with van der Waals surface area (Å²) in [6.45, 7) is 10.6. The lowest BCUT2D eigenvalue weighted by molar-refractivity contribution is -0.145. The molecule has 33 heavy (non-hydrogen) atoms. The molecule has 0 unspecified atom stereocenters. The molecule has 0 aromatic carbocycles. The molecule has 0 amide bonds. The predicted octanol–water partition coefficient (Wildman–Crippen LogP) is 6.31. The average Bonchev–Trinajstić information content (AvgIpc) is 2.77. The number of hydrogen-bond acceptors (Lipinski definition) is 5. The zero-order chi connectivity index (χ0) is 24.3. The first kappa shape index (κ1) is 26.0. The van der Waals surface area contributed by atoms with Gasteiger partial charge in [0.1, 0.15) is 6.61 Å². The van der Waals surface area contributed by atoms with Gasteiger partial charge in [-0.05, 0) is 69.2 Å². The summed E-state index contributed by atoms with van der Waals surface area (Å²) in [5.41, 5.74) is 5.61. The van der Waals surface area contributed by atoms with Crippen LogP contribution in [0, 0.1) is 5.41 Å². The minimum atomic E-state index is -0.607. The highest BCUT2D eigenvalue weighted by Crippen LogP contribution is 2.40. The molecule has 2 rings (SSSR count). The Labute approximate surface area is 197 Å². The van der Waals surface area contributed by atoms with Gasteiger partial charge in [0.05, 0.1) is 5.56 Å². The van der Waals surface area contributed by atoms with Crippen molar-refractivity contribution in [3.8, 4) is 0 Å². The van der Waals surface area contributed by atoms with E-state index in [4.69, 9.17) is 9.47 Å². The molecule has 1 aromatic heterocycles. The van der Waals surface area contributed by atoms with E-state index in [1.54, 1.807) is 24.4 Å². The smallest absolute Gasteiger partial charge is 0.344 e. The number of hydrogen-bond donors (Lipinski definition) is 0. The molecule has 0 saturated carbocycles. The second-order valence-corrected chi connectivity index (χ2v) is 8.98. The number of ether oxygens (including phenoxy) is 2. The van der Waals surface area contributed by atoms with Gasteiger partial charge in [-0.1, -0.05) is 60.9 Å². The molecule has 0 fully saturated rings. The van der Waals surface area contributed by atoms with Crippen molar-refractivity contribution in [2.24, 2.45) is 5.41 Å². The van der Waals surface area contributed by atoms with Crippen LogP contribution in [0.1, 0.15) is 64.2 Å². The van der Waals surface area contributed by atoms with Crippen molar-refractivity contribution in [2.45, 2.75) is 53.9 Å². The van der Waals surface area contributed by atoms with E-state index in [9.17, 15) is 9.59 Å². The Morgan fingerprint density at radius 3 is 2.64 bits per heavy atom. The lowest BCUT2D eigenvalue weighted by Crippen LogP contribution is -2.19. The molecule has 0 spiro atoms. The fourth-order valence-corrected chi connectivity index (χ4v) is 3.70. The van der Waals surface area contributed by atoms with Crippen LogP contribution in [0.4, 0.5) is 0 Å². The fraction of sp³-hybridized carbons (Fsp3) is 0.393. The highest BCUT2D eigenvalue weighted by Gasteiger charge is 2.26. The van der Waals surface area contributed by atoms with Gasteiger partial charge < -0.3 is 9.47 Å². The summed E-state index contributed by atoms with van der Waals surface area (Å²) in [4.78, 5) is 27.4. The van der Waals surface area contributed by atoms with E-state index in [2.05, 4.69) is 50.9 Å². The van der Waals surface area contributed by atoms with Crippen LogP contribution in [0.25, 0.3) is 0 Å². The van der Waals surface area contributed by atoms with Crippen molar-refractivity contribution < 1.29 is 19.1 Å². The third-order valence-electron chi connectivity index (χ3n) is 5.64. The molecule has 1 aliphatic rings. The van der Waals surface area contributed by atoms with Gasteiger partial charge in [0.15, 0.2) is 6.61 Å². The maximum atomic E-state index is 11.8. The fourth-order valence-electron chi connectivity index (χ4n) is 3.70. The highest BCUT2D eigenvalue weighted by molar-refractivity contribution is 5.90. The maximum absolute atomic E-state index is 11.8. The molecule has 176 valence electrons. The zero-order valence-electron chi connectivity index (χ0n) is 20.4. The first-order valence-corrected chi connectivity index (χ1v) is 11.3. The Morgan fingerprint density at radius 1 is 1.15 bits per heavy atom. The number of aromatic nitrogens is 1. The van der Waals surface area contributed by atoms with Crippen LogP contribution in [0.3, 0.4) is 0 Å². The molecule has 0 saturated heterocycles. The molecule has 0 N–H and O–H groups in total. The van der Waals surface area contributed by atoms with Gasteiger partial charge >= 0.3 is 11.9 Å². The summed E-state index contributed by atoms with van der Waals surface area (Å²) < 4.78 is 10.0. The van der Waals surface area contributed by atoms with Gasteiger partial charge in [-0.2, -0.15) is 0 Å². The van der Waals surface area contributed by atoms with Crippen LogP contribution in [-0.4, -0.2) is 30.1 Å². The van der Waals surface area contributed by atoms with Crippen molar-refractivity contribution in [1.82, 2.24) is 4.98 Å². The zero-order valence-corrected chi connectivity index (χ0v) is 20.4. The molecule has 0 aliphatic heterocycles. The van der Waals surface area contributed by atoms with Crippen LogP contribution in [-0.2, 0) is 14.3 Å². The number of carbonyl (C=O) groups is 2. The number of carbonyl (C=O) groups excluding carboxylic acids is 2. The van der Waals surface area contributed by atoms with E-state index < -0.39 is 18.5 Å². The molecule has 5 nitrogen and oxygen atoms in total. The van der Waals surface area contributed by atoms with Gasteiger partial charge in [0, 0.05) is 12.4 Å². The van der Waals surface area contributed by atoms with Crippen LogP contribution >= 0.6 is 0 Å². The molecule has 0 atom stereocenters. The lowest BCUT2D eigenvalue weighted by Gasteiger charge is -2.32. The Hall–Kier alpha value is -3.21. The van der Waals surface area contributed by atoms with Gasteiger partial charge in [0.25, 0.3) is 0 Å². The van der Waals surface area contributed by atoms with E-state index >= 15 is 0 Å². The quantitative estimate of drug-likeness (QED) is 0.326. The van der Waals surface area contributed by atoms with Crippen LogP contribution < -0.4 is 0 Å². The molecule has 0 bridgehead atoms. The average molecular weight is 450 g/mol. The molecule has 1 aromatic rings. The Balaban J connectivity index is 1.77. The molecule has 5 heteroatoms. The van der Waals surface area contributed by atoms with E-state index in [1.807, 2.05) is 19.1 Å². The number of esters is 2. The van der Waals surface area contributed by atoms with Crippen LogP contribution in [0.2, 0.25) is 0 Å². The summed E-state index contributed by atoms with van der Waals surface area (Å²) in [6.07, 6.45) is 18.9. The topological polar surface area (TPSA) is 65.5 Å². The standard InChI is InChI=1S/C28H35NO4/c1-21(13-14-25-23(3)11-7-16-28(25,4)5)9-6-10-22(2)15-18-32-26(30)20-33-27(31)24-12-8-17-29-19-24/h6,8-10,12-15,17,19H,7,11,16,18,20H2,1-5H3. The molecule has 0 radical (unpaired) electrons. The first-order chi connectivity index (χ1) is 15.7. The van der Waals surface area contributed by atoms with Crippen molar-refractivity contribution >= 4 is 11.9 Å². The molecular weight excluding hydrogens is 414 g/mol. The molecule has 1 heterocycles. The van der Waals surface area contributed by atoms with Crippen molar-refractivity contribution in [1.29, 1.82) is 0 Å². The minimum absolute atomic E-state index is 0.116. The van der Waals surface area contributed by atoms with E-state index in [-0.39, 0.29) is 12.0 Å². The normalized spacial score (nSPS) is 17.0. The SMILES string of the molecule is CC(C=CC1=C(C)CCCC1(C)C)=CC=CC(C)=CCOC(=O)COC(=O)c1cccnc1. The van der Waals surface area contributed by atoms with E-state index in [1.165, 1.54) is 42.2 Å². The molecular formula is C28H35NO4. The summed E-state index contributed by atoms with van der Waals surface area (Å²) in [7, 11) is 0. The predicted molar refractivity (Wildman–Crippen MR) is 132 cm³/mol. The Bertz CT molecular complexity index is 978. The van der Waals surface area contributed by atoms with Gasteiger partial charge in [0.2, 0.25) is 0 Å². The van der Waals surface area contributed by atoms with Crippen molar-refractivity contribution in [3.05, 3.63) is 88.8 Å². The van der Waals surface area contributed by atoms with Crippen LogP contribution in [0.5, 0.6) is 0 Å². The van der Waals surface area contributed by atoms with E-state index in [0.717, 1.165) is 5.57 Å². The van der Waals surface area contributed by atoms with Crippen molar-refractivity contribution in [2.75, 3.05) is 13.2 Å². The second-order valence-electron chi connectivity index (χ2n) is 8.98. The number of pyridine rings is 1. The number of nitrogens with zero attached hydrogens (tertiary/aromatic N) is 1.